The number of halogens is 3. The second-order valence-corrected chi connectivity index (χ2v) is 6.83. The number of carbonyl (C=O) groups excluding carboxylic acids is 1. The molecule has 0 amide bonds. The Balaban J connectivity index is 2.41. The number of nitrogens with zero attached hydrogens (tertiary/aromatic N) is 1. The molecule has 2 rings (SSSR count). The van der Waals surface area contributed by atoms with Crippen LogP contribution in [0.15, 0.2) is 12.1 Å². The smallest absolute Gasteiger partial charge is 0.418 e. The number of aryl methyl sites for hydroxylation is 1. The molecule has 0 unspecified atom stereocenters. The van der Waals surface area contributed by atoms with Crippen molar-refractivity contribution >= 4 is 17.3 Å². The van der Waals surface area contributed by atoms with Crippen LogP contribution in [-0.2, 0) is 22.1 Å². The third kappa shape index (κ3) is 5.31. The van der Waals surface area contributed by atoms with Gasteiger partial charge in [0.05, 0.1) is 28.4 Å². The fourth-order valence-electron chi connectivity index (χ4n) is 3.16. The molecule has 27 heavy (non-hydrogen) atoms. The van der Waals surface area contributed by atoms with Gasteiger partial charge in [-0.2, -0.15) is 13.2 Å². The highest BCUT2D eigenvalue weighted by Crippen LogP contribution is 2.42. The minimum Gasteiger partial charge on any atom is -0.466 e. The van der Waals surface area contributed by atoms with E-state index in [9.17, 15) is 33.2 Å². The summed E-state index contributed by atoms with van der Waals surface area (Å²) in [5, 5.41) is 23.6. The van der Waals surface area contributed by atoms with Gasteiger partial charge < -0.3 is 15.2 Å². The van der Waals surface area contributed by atoms with E-state index < -0.39 is 40.0 Å². The molecule has 0 radical (unpaired) electrons. The average molecular weight is 390 g/mol. The molecule has 0 aromatic heterocycles. The number of benzene rings is 1. The normalized spacial score (nSPS) is 22.1. The monoisotopic (exact) mass is 390 g/mol. The molecule has 10 heteroatoms. The lowest BCUT2D eigenvalue weighted by Crippen LogP contribution is -2.48. The van der Waals surface area contributed by atoms with Crippen molar-refractivity contribution in [2.45, 2.75) is 57.3 Å². The standard InChI is InChI=1S/C17H21F3N2O5/c1-3-27-14(23)5-4-10-6-12(22(25)26)7-13(17(18,19)20)15(10)21-11-8-16(2,24)9-11/h6-7,11,21,24H,3-5,8-9H2,1-2H3/t11-,16+. The van der Waals surface area contributed by atoms with Crippen molar-refractivity contribution in [3.8, 4) is 0 Å². The molecule has 1 aromatic rings. The van der Waals surface area contributed by atoms with Crippen LogP contribution in [0.5, 0.6) is 0 Å². The quantitative estimate of drug-likeness (QED) is 0.420. The van der Waals surface area contributed by atoms with Crippen LogP contribution in [-0.4, -0.2) is 34.2 Å². The van der Waals surface area contributed by atoms with E-state index in [-0.39, 0.29) is 43.5 Å². The Kier molecular flexibility index (Phi) is 5.98. The van der Waals surface area contributed by atoms with Crippen LogP contribution >= 0.6 is 0 Å². The fourth-order valence-corrected chi connectivity index (χ4v) is 3.16. The molecule has 0 saturated heterocycles. The number of non-ortho nitro benzene ring substituents is 1. The van der Waals surface area contributed by atoms with Gasteiger partial charge in [-0.3, -0.25) is 14.9 Å². The molecule has 7 nitrogen and oxygen atoms in total. The van der Waals surface area contributed by atoms with Gasteiger partial charge in [0, 0.05) is 24.6 Å². The number of alkyl halides is 3. The van der Waals surface area contributed by atoms with Crippen molar-refractivity contribution in [3.05, 3.63) is 33.4 Å². The number of nitrogens with one attached hydrogen (secondary N) is 1. The third-order valence-electron chi connectivity index (χ3n) is 4.35. The van der Waals surface area contributed by atoms with Crippen LogP contribution in [0.4, 0.5) is 24.5 Å². The van der Waals surface area contributed by atoms with Crippen LogP contribution in [0, 0.1) is 10.1 Å². The van der Waals surface area contributed by atoms with Crippen molar-refractivity contribution in [3.63, 3.8) is 0 Å². The zero-order valence-electron chi connectivity index (χ0n) is 14.9. The molecule has 0 bridgehead atoms. The second kappa shape index (κ2) is 7.71. The number of anilines is 1. The molecule has 1 aliphatic rings. The summed E-state index contributed by atoms with van der Waals surface area (Å²) in [6, 6.07) is 1.12. The Morgan fingerprint density at radius 1 is 1.44 bits per heavy atom. The molecule has 2 N–H and O–H groups in total. The van der Waals surface area contributed by atoms with Gasteiger partial charge in [-0.15, -0.1) is 0 Å². The Hall–Kier alpha value is -2.36. The zero-order chi connectivity index (χ0) is 20.4. The molecule has 0 aliphatic heterocycles. The molecule has 1 aromatic carbocycles. The first kappa shape index (κ1) is 20.9. The summed E-state index contributed by atoms with van der Waals surface area (Å²) in [5.74, 6) is -0.602. The number of nitro groups is 1. The van der Waals surface area contributed by atoms with E-state index in [0.717, 1.165) is 6.07 Å². The average Bonchev–Trinajstić information content (AvgIpc) is 2.50. The molecule has 0 atom stereocenters. The van der Waals surface area contributed by atoms with E-state index in [0.29, 0.717) is 6.07 Å². The predicted octanol–water partition coefficient (Wildman–Crippen LogP) is 3.43. The summed E-state index contributed by atoms with van der Waals surface area (Å²) in [6.45, 7) is 3.31. The lowest BCUT2D eigenvalue weighted by Gasteiger charge is -2.42. The molecule has 1 aliphatic carbocycles. The van der Waals surface area contributed by atoms with E-state index in [1.807, 2.05) is 0 Å². The fraction of sp³-hybridized carbons (Fsp3) is 0.588. The lowest BCUT2D eigenvalue weighted by atomic mass is 9.77. The SMILES string of the molecule is CCOC(=O)CCc1cc([N+](=O)[O-])cc(C(F)(F)F)c1N[C@H]1C[C@@](C)(O)C1. The Labute approximate surface area is 153 Å². The van der Waals surface area contributed by atoms with Gasteiger partial charge in [-0.25, -0.2) is 0 Å². The highest BCUT2D eigenvalue weighted by molar-refractivity contribution is 5.71. The molecule has 1 saturated carbocycles. The summed E-state index contributed by atoms with van der Waals surface area (Å²) in [4.78, 5) is 21.7. The number of hydrogen-bond donors (Lipinski definition) is 2. The highest BCUT2D eigenvalue weighted by atomic mass is 19.4. The van der Waals surface area contributed by atoms with Gasteiger partial charge in [0.25, 0.3) is 5.69 Å². The van der Waals surface area contributed by atoms with Gasteiger partial charge in [-0.1, -0.05) is 0 Å². The molecular weight excluding hydrogens is 369 g/mol. The Morgan fingerprint density at radius 3 is 2.56 bits per heavy atom. The van der Waals surface area contributed by atoms with Crippen LogP contribution in [0.1, 0.15) is 44.2 Å². The summed E-state index contributed by atoms with van der Waals surface area (Å²) in [6.07, 6.45) is -4.67. The number of rotatable bonds is 7. The largest absolute Gasteiger partial charge is 0.466 e. The maximum absolute atomic E-state index is 13.5. The van der Waals surface area contributed by atoms with Crippen LogP contribution in [0.2, 0.25) is 0 Å². The number of carbonyl (C=O) groups is 1. The van der Waals surface area contributed by atoms with Gasteiger partial charge >= 0.3 is 12.1 Å². The molecule has 0 spiro atoms. The van der Waals surface area contributed by atoms with Crippen LogP contribution in [0.25, 0.3) is 0 Å². The van der Waals surface area contributed by atoms with E-state index in [2.05, 4.69) is 5.32 Å². The van der Waals surface area contributed by atoms with Gasteiger partial charge in [0.1, 0.15) is 0 Å². The topological polar surface area (TPSA) is 102 Å². The van der Waals surface area contributed by atoms with Crippen molar-refractivity contribution in [2.75, 3.05) is 11.9 Å². The highest BCUT2D eigenvalue weighted by Gasteiger charge is 2.42. The van der Waals surface area contributed by atoms with E-state index in [1.54, 1.807) is 13.8 Å². The van der Waals surface area contributed by atoms with Gasteiger partial charge in [-0.05, 0) is 38.7 Å². The number of ether oxygens (including phenoxy) is 1. The minimum absolute atomic E-state index is 0.0103. The molecule has 0 heterocycles. The van der Waals surface area contributed by atoms with E-state index >= 15 is 0 Å². The Morgan fingerprint density at radius 2 is 2.07 bits per heavy atom. The maximum Gasteiger partial charge on any atom is 0.418 e. The van der Waals surface area contributed by atoms with Crippen molar-refractivity contribution in [1.29, 1.82) is 0 Å². The van der Waals surface area contributed by atoms with Crippen LogP contribution < -0.4 is 5.32 Å². The zero-order valence-corrected chi connectivity index (χ0v) is 14.9. The predicted molar refractivity (Wildman–Crippen MR) is 90.3 cm³/mol. The van der Waals surface area contributed by atoms with Gasteiger partial charge in [0.2, 0.25) is 0 Å². The van der Waals surface area contributed by atoms with E-state index in [1.165, 1.54) is 0 Å². The summed E-state index contributed by atoms with van der Waals surface area (Å²) < 4.78 is 45.3. The number of esters is 1. The number of nitro benzene ring substituents is 1. The number of aliphatic hydroxyl groups is 1. The first-order valence-electron chi connectivity index (χ1n) is 8.46. The van der Waals surface area contributed by atoms with Crippen molar-refractivity contribution in [1.82, 2.24) is 0 Å². The first-order chi connectivity index (χ1) is 12.4. The minimum atomic E-state index is -4.82. The summed E-state index contributed by atoms with van der Waals surface area (Å²) in [5.41, 5.74) is -3.11. The number of hydrogen-bond acceptors (Lipinski definition) is 6. The second-order valence-electron chi connectivity index (χ2n) is 6.83. The lowest BCUT2D eigenvalue weighted by molar-refractivity contribution is -0.385. The maximum atomic E-state index is 13.5. The molecule has 1 fully saturated rings. The van der Waals surface area contributed by atoms with Crippen LogP contribution in [0.3, 0.4) is 0 Å². The summed E-state index contributed by atoms with van der Waals surface area (Å²) in [7, 11) is 0. The van der Waals surface area contributed by atoms with E-state index in [4.69, 9.17) is 4.74 Å². The van der Waals surface area contributed by atoms with Gasteiger partial charge in [0.15, 0.2) is 0 Å². The first-order valence-corrected chi connectivity index (χ1v) is 8.46. The Bertz CT molecular complexity index is 726. The molecular formula is C17H21F3N2O5. The third-order valence-corrected chi connectivity index (χ3v) is 4.35. The van der Waals surface area contributed by atoms with Crippen molar-refractivity contribution in [2.24, 2.45) is 0 Å². The summed E-state index contributed by atoms with van der Waals surface area (Å²) >= 11 is 0. The van der Waals surface area contributed by atoms with Crippen molar-refractivity contribution < 1.29 is 32.7 Å². The molecule has 150 valence electrons.